The lowest BCUT2D eigenvalue weighted by Gasteiger charge is -2.09. The summed E-state index contributed by atoms with van der Waals surface area (Å²) in [5.41, 5.74) is 3.02. The monoisotopic (exact) mass is 406 g/mol. The Bertz CT molecular complexity index is 1160. The van der Waals surface area contributed by atoms with Gasteiger partial charge < -0.3 is 9.47 Å². The molecule has 0 fully saturated rings. The van der Waals surface area contributed by atoms with Crippen LogP contribution in [0.5, 0.6) is 11.5 Å². The number of ether oxygens (including phenoxy) is 2. The number of rotatable bonds is 7. The quantitative estimate of drug-likeness (QED) is 0.438. The van der Waals surface area contributed by atoms with Crippen molar-refractivity contribution in [2.75, 3.05) is 13.2 Å². The van der Waals surface area contributed by atoms with Gasteiger partial charge in [0.15, 0.2) is 0 Å². The molecule has 0 aliphatic heterocycles. The Hall–Kier alpha value is -3.12. The highest BCUT2D eigenvalue weighted by molar-refractivity contribution is 7.17. The molecule has 6 heteroatoms. The lowest BCUT2D eigenvalue weighted by Crippen LogP contribution is -2.23. The standard InChI is InChI=1S/C23H22N2O3S/c1-3-27-18-10-6-17(7-11-18)20-14-29-22-21(20)23(26)25(15-24-22)12-13-28-19-8-4-16(2)5-9-19/h4-11,14-15H,3,12-13H2,1-2H3. The zero-order chi connectivity index (χ0) is 20.2. The molecule has 29 heavy (non-hydrogen) atoms. The highest BCUT2D eigenvalue weighted by Crippen LogP contribution is 2.31. The first-order valence-electron chi connectivity index (χ1n) is 9.55. The largest absolute Gasteiger partial charge is 0.494 e. The second-order valence-electron chi connectivity index (χ2n) is 6.69. The van der Waals surface area contributed by atoms with Crippen molar-refractivity contribution < 1.29 is 9.47 Å². The van der Waals surface area contributed by atoms with Crippen LogP contribution in [0.4, 0.5) is 0 Å². The number of thiophene rings is 1. The summed E-state index contributed by atoms with van der Waals surface area (Å²) in [4.78, 5) is 18.3. The molecule has 2 heterocycles. The molecular weight excluding hydrogens is 384 g/mol. The molecule has 0 spiro atoms. The Labute approximate surface area is 173 Å². The molecule has 0 unspecified atom stereocenters. The maximum absolute atomic E-state index is 13.1. The lowest BCUT2D eigenvalue weighted by atomic mass is 10.1. The summed E-state index contributed by atoms with van der Waals surface area (Å²) in [6.45, 7) is 5.46. The van der Waals surface area contributed by atoms with Crippen molar-refractivity contribution in [3.8, 4) is 22.6 Å². The van der Waals surface area contributed by atoms with E-state index in [1.54, 1.807) is 10.9 Å². The Morgan fingerprint density at radius 3 is 2.41 bits per heavy atom. The van der Waals surface area contributed by atoms with E-state index in [1.165, 1.54) is 16.9 Å². The van der Waals surface area contributed by atoms with Gasteiger partial charge in [-0.05, 0) is 43.7 Å². The highest BCUT2D eigenvalue weighted by atomic mass is 32.1. The van der Waals surface area contributed by atoms with Crippen LogP contribution in [0.15, 0.2) is 65.0 Å². The van der Waals surface area contributed by atoms with Gasteiger partial charge in [0.2, 0.25) is 0 Å². The van der Waals surface area contributed by atoms with Crippen LogP contribution in [0.3, 0.4) is 0 Å². The van der Waals surface area contributed by atoms with Gasteiger partial charge in [0.1, 0.15) is 22.9 Å². The summed E-state index contributed by atoms with van der Waals surface area (Å²) in [5, 5.41) is 2.64. The van der Waals surface area contributed by atoms with E-state index < -0.39 is 0 Å². The van der Waals surface area contributed by atoms with E-state index in [9.17, 15) is 4.79 Å². The smallest absolute Gasteiger partial charge is 0.262 e. The van der Waals surface area contributed by atoms with Crippen molar-refractivity contribution >= 4 is 21.6 Å². The van der Waals surface area contributed by atoms with Gasteiger partial charge >= 0.3 is 0 Å². The molecule has 2 aromatic carbocycles. The fourth-order valence-corrected chi connectivity index (χ4v) is 4.04. The van der Waals surface area contributed by atoms with Gasteiger partial charge in [0, 0.05) is 10.9 Å². The first-order chi connectivity index (χ1) is 14.2. The molecule has 0 atom stereocenters. The average molecular weight is 407 g/mol. The van der Waals surface area contributed by atoms with Crippen LogP contribution in [0.1, 0.15) is 12.5 Å². The van der Waals surface area contributed by atoms with Crippen LogP contribution in [0.2, 0.25) is 0 Å². The molecule has 0 aliphatic rings. The van der Waals surface area contributed by atoms with Crippen molar-refractivity contribution in [3.63, 3.8) is 0 Å². The molecule has 0 saturated carbocycles. The average Bonchev–Trinajstić information content (AvgIpc) is 3.17. The topological polar surface area (TPSA) is 53.4 Å². The minimum atomic E-state index is -0.0485. The maximum Gasteiger partial charge on any atom is 0.262 e. The molecule has 4 rings (SSSR count). The number of nitrogens with zero attached hydrogens (tertiary/aromatic N) is 2. The molecule has 0 aliphatic carbocycles. The van der Waals surface area contributed by atoms with Gasteiger partial charge in [0.05, 0.1) is 24.9 Å². The second-order valence-corrected chi connectivity index (χ2v) is 7.55. The second kappa shape index (κ2) is 8.49. The molecule has 5 nitrogen and oxygen atoms in total. The predicted octanol–water partition coefficient (Wildman–Crippen LogP) is 4.91. The molecule has 0 bridgehead atoms. The lowest BCUT2D eigenvalue weighted by molar-refractivity contribution is 0.296. The van der Waals surface area contributed by atoms with E-state index >= 15 is 0 Å². The number of hydrogen-bond donors (Lipinski definition) is 0. The summed E-state index contributed by atoms with van der Waals surface area (Å²) < 4.78 is 12.9. The van der Waals surface area contributed by atoms with Crippen molar-refractivity contribution in [3.05, 3.63) is 76.2 Å². The number of aromatic nitrogens is 2. The highest BCUT2D eigenvalue weighted by Gasteiger charge is 2.13. The number of hydrogen-bond acceptors (Lipinski definition) is 5. The first-order valence-corrected chi connectivity index (χ1v) is 10.4. The molecular formula is C23H22N2O3S. The van der Waals surface area contributed by atoms with Crippen molar-refractivity contribution in [1.82, 2.24) is 9.55 Å². The molecule has 148 valence electrons. The zero-order valence-electron chi connectivity index (χ0n) is 16.4. The van der Waals surface area contributed by atoms with Crippen molar-refractivity contribution in [2.45, 2.75) is 20.4 Å². The zero-order valence-corrected chi connectivity index (χ0v) is 17.2. The molecule has 2 aromatic heterocycles. The molecule has 0 amide bonds. The Kier molecular flexibility index (Phi) is 5.62. The van der Waals surface area contributed by atoms with E-state index in [0.29, 0.717) is 25.1 Å². The minimum absolute atomic E-state index is 0.0485. The first kappa shape index (κ1) is 19.2. The van der Waals surface area contributed by atoms with Gasteiger partial charge in [-0.2, -0.15) is 0 Å². The molecule has 4 aromatic rings. The number of aryl methyl sites for hydroxylation is 1. The third-order valence-electron chi connectivity index (χ3n) is 4.66. The van der Waals surface area contributed by atoms with Gasteiger partial charge in [-0.3, -0.25) is 9.36 Å². The van der Waals surface area contributed by atoms with Crippen LogP contribution in [0.25, 0.3) is 21.3 Å². The minimum Gasteiger partial charge on any atom is -0.494 e. The van der Waals surface area contributed by atoms with Crippen LogP contribution in [-0.2, 0) is 6.54 Å². The van der Waals surface area contributed by atoms with Crippen molar-refractivity contribution in [2.24, 2.45) is 0 Å². The molecule has 0 radical (unpaired) electrons. The fourth-order valence-electron chi connectivity index (χ4n) is 3.13. The van der Waals surface area contributed by atoms with E-state index in [2.05, 4.69) is 4.98 Å². The van der Waals surface area contributed by atoms with Crippen molar-refractivity contribution in [1.29, 1.82) is 0 Å². The number of fused-ring (bicyclic) bond motifs is 1. The van der Waals surface area contributed by atoms with Crippen LogP contribution in [0, 0.1) is 6.92 Å². The van der Waals surface area contributed by atoms with Crippen LogP contribution in [-0.4, -0.2) is 22.8 Å². The molecule has 0 N–H and O–H groups in total. The normalized spacial score (nSPS) is 11.0. The summed E-state index contributed by atoms with van der Waals surface area (Å²) in [5.74, 6) is 1.61. The van der Waals surface area contributed by atoms with Gasteiger partial charge in [-0.1, -0.05) is 29.8 Å². The Balaban J connectivity index is 1.57. The van der Waals surface area contributed by atoms with E-state index in [-0.39, 0.29) is 5.56 Å². The Morgan fingerprint density at radius 1 is 1.00 bits per heavy atom. The summed E-state index contributed by atoms with van der Waals surface area (Å²) >= 11 is 1.48. The fraction of sp³-hybridized carbons (Fsp3) is 0.217. The number of benzene rings is 2. The van der Waals surface area contributed by atoms with E-state index in [1.807, 2.05) is 67.8 Å². The SMILES string of the molecule is CCOc1ccc(-c2csc3ncn(CCOc4ccc(C)cc4)c(=O)c23)cc1. The molecule has 0 saturated heterocycles. The third kappa shape index (κ3) is 4.17. The Morgan fingerprint density at radius 2 is 1.69 bits per heavy atom. The summed E-state index contributed by atoms with van der Waals surface area (Å²) in [7, 11) is 0. The van der Waals surface area contributed by atoms with Gasteiger partial charge in [-0.15, -0.1) is 11.3 Å². The third-order valence-corrected chi connectivity index (χ3v) is 5.55. The van der Waals surface area contributed by atoms with Gasteiger partial charge in [0.25, 0.3) is 5.56 Å². The van der Waals surface area contributed by atoms with Gasteiger partial charge in [-0.25, -0.2) is 4.98 Å². The predicted molar refractivity (Wildman–Crippen MR) is 117 cm³/mol. The van der Waals surface area contributed by atoms with Crippen LogP contribution >= 0.6 is 11.3 Å². The summed E-state index contributed by atoms with van der Waals surface area (Å²) in [6, 6.07) is 15.7. The van der Waals surface area contributed by atoms with Crippen LogP contribution < -0.4 is 15.0 Å². The van der Waals surface area contributed by atoms with E-state index in [4.69, 9.17) is 9.47 Å². The summed E-state index contributed by atoms with van der Waals surface area (Å²) in [6.07, 6.45) is 1.60. The van der Waals surface area contributed by atoms with E-state index in [0.717, 1.165) is 27.5 Å². The maximum atomic E-state index is 13.1.